The van der Waals surface area contributed by atoms with Crippen molar-refractivity contribution < 1.29 is 9.90 Å². The normalized spacial score (nSPS) is 11.7. The molecule has 2 rings (SSSR count). The summed E-state index contributed by atoms with van der Waals surface area (Å²) < 4.78 is 1.07. The van der Waals surface area contributed by atoms with E-state index in [0.29, 0.717) is 12.5 Å². The minimum Gasteiger partial charge on any atom is -0.481 e. The number of H-pyrrole nitrogens is 1. The SMILES string of the molecule is CC(C)N(CCCC(=O)O)Cc1c[nH]c2ccc(Br)cc12. The Morgan fingerprint density at radius 1 is 1.43 bits per heavy atom. The van der Waals surface area contributed by atoms with Crippen LogP contribution in [0.25, 0.3) is 10.9 Å². The molecule has 0 bridgehead atoms. The molecule has 0 atom stereocenters. The third-order valence-corrected chi connectivity index (χ3v) is 4.16. The Morgan fingerprint density at radius 2 is 2.19 bits per heavy atom. The van der Waals surface area contributed by atoms with Crippen LogP contribution in [0.4, 0.5) is 0 Å². The van der Waals surface area contributed by atoms with Crippen LogP contribution in [0.5, 0.6) is 0 Å². The monoisotopic (exact) mass is 352 g/mol. The van der Waals surface area contributed by atoms with E-state index in [4.69, 9.17) is 5.11 Å². The Kier molecular flexibility index (Phi) is 5.42. The molecule has 114 valence electrons. The van der Waals surface area contributed by atoms with Crippen LogP contribution in [0.1, 0.15) is 32.3 Å². The molecule has 1 aromatic heterocycles. The first-order valence-corrected chi connectivity index (χ1v) is 7.98. The summed E-state index contributed by atoms with van der Waals surface area (Å²) in [6, 6.07) is 6.59. The lowest BCUT2D eigenvalue weighted by molar-refractivity contribution is -0.137. The van der Waals surface area contributed by atoms with E-state index < -0.39 is 5.97 Å². The number of nitrogens with zero attached hydrogens (tertiary/aromatic N) is 1. The van der Waals surface area contributed by atoms with Gasteiger partial charge in [-0.05, 0) is 50.6 Å². The number of fused-ring (bicyclic) bond motifs is 1. The molecule has 0 aliphatic rings. The van der Waals surface area contributed by atoms with Crippen LogP contribution >= 0.6 is 15.9 Å². The molecular formula is C16H21BrN2O2. The van der Waals surface area contributed by atoms with Gasteiger partial charge >= 0.3 is 5.97 Å². The van der Waals surface area contributed by atoms with Crippen molar-refractivity contribution in [2.45, 2.75) is 39.3 Å². The summed E-state index contributed by atoms with van der Waals surface area (Å²) in [5, 5.41) is 9.98. The third kappa shape index (κ3) is 4.32. The summed E-state index contributed by atoms with van der Waals surface area (Å²) in [6.45, 7) is 5.91. The first-order valence-electron chi connectivity index (χ1n) is 7.18. The zero-order valence-electron chi connectivity index (χ0n) is 12.4. The fourth-order valence-electron chi connectivity index (χ4n) is 2.45. The molecule has 0 fully saturated rings. The van der Waals surface area contributed by atoms with Gasteiger partial charge in [-0.25, -0.2) is 0 Å². The molecule has 1 aromatic carbocycles. The van der Waals surface area contributed by atoms with Crippen LogP contribution in [0.2, 0.25) is 0 Å². The number of carboxylic acids is 1. The van der Waals surface area contributed by atoms with E-state index in [2.05, 4.69) is 51.8 Å². The fourth-order valence-corrected chi connectivity index (χ4v) is 2.81. The van der Waals surface area contributed by atoms with Gasteiger partial charge in [0.15, 0.2) is 0 Å². The molecule has 0 amide bonds. The quantitative estimate of drug-likeness (QED) is 0.791. The lowest BCUT2D eigenvalue weighted by Crippen LogP contribution is -2.31. The number of hydrogen-bond donors (Lipinski definition) is 2. The van der Waals surface area contributed by atoms with E-state index in [1.807, 2.05) is 12.3 Å². The van der Waals surface area contributed by atoms with Crippen LogP contribution < -0.4 is 0 Å². The van der Waals surface area contributed by atoms with Crippen LogP contribution in [0.15, 0.2) is 28.9 Å². The largest absolute Gasteiger partial charge is 0.481 e. The van der Waals surface area contributed by atoms with Gasteiger partial charge in [0.1, 0.15) is 0 Å². The van der Waals surface area contributed by atoms with E-state index >= 15 is 0 Å². The number of nitrogens with one attached hydrogen (secondary N) is 1. The predicted octanol–water partition coefficient (Wildman–Crippen LogP) is 4.01. The summed E-state index contributed by atoms with van der Waals surface area (Å²) >= 11 is 3.51. The van der Waals surface area contributed by atoms with Crippen molar-refractivity contribution in [2.24, 2.45) is 0 Å². The zero-order chi connectivity index (χ0) is 15.4. The Labute approximate surface area is 133 Å². The van der Waals surface area contributed by atoms with Crippen molar-refractivity contribution in [1.29, 1.82) is 0 Å². The van der Waals surface area contributed by atoms with E-state index in [9.17, 15) is 4.79 Å². The summed E-state index contributed by atoms with van der Waals surface area (Å²) in [4.78, 5) is 16.3. The van der Waals surface area contributed by atoms with Gasteiger partial charge in [0.2, 0.25) is 0 Å². The average Bonchev–Trinajstić information content (AvgIpc) is 2.79. The third-order valence-electron chi connectivity index (χ3n) is 3.67. The molecular weight excluding hydrogens is 332 g/mol. The van der Waals surface area contributed by atoms with E-state index in [1.54, 1.807) is 0 Å². The van der Waals surface area contributed by atoms with Crippen molar-refractivity contribution in [3.63, 3.8) is 0 Å². The molecule has 2 N–H and O–H groups in total. The molecule has 0 aliphatic heterocycles. The summed E-state index contributed by atoms with van der Waals surface area (Å²) in [5.41, 5.74) is 2.37. The number of carboxylic acid groups (broad SMARTS) is 1. The van der Waals surface area contributed by atoms with Gasteiger partial charge in [0, 0.05) is 40.6 Å². The van der Waals surface area contributed by atoms with E-state index in [-0.39, 0.29) is 6.42 Å². The van der Waals surface area contributed by atoms with Gasteiger partial charge in [-0.3, -0.25) is 9.69 Å². The second-order valence-corrected chi connectivity index (χ2v) is 6.48. The van der Waals surface area contributed by atoms with E-state index in [1.165, 1.54) is 10.9 Å². The Hall–Kier alpha value is -1.33. The number of carbonyl (C=O) groups is 1. The van der Waals surface area contributed by atoms with Gasteiger partial charge in [-0.1, -0.05) is 15.9 Å². The zero-order valence-corrected chi connectivity index (χ0v) is 14.0. The van der Waals surface area contributed by atoms with Crippen LogP contribution in [0.3, 0.4) is 0 Å². The predicted molar refractivity (Wildman–Crippen MR) is 88.4 cm³/mol. The minimum absolute atomic E-state index is 0.225. The maximum atomic E-state index is 10.7. The van der Waals surface area contributed by atoms with Gasteiger partial charge in [0.05, 0.1) is 0 Å². The highest BCUT2D eigenvalue weighted by molar-refractivity contribution is 9.10. The molecule has 0 radical (unpaired) electrons. The number of benzene rings is 1. The highest BCUT2D eigenvalue weighted by atomic mass is 79.9. The van der Waals surface area contributed by atoms with Crippen molar-refractivity contribution in [3.05, 3.63) is 34.4 Å². The van der Waals surface area contributed by atoms with Crippen LogP contribution in [-0.4, -0.2) is 33.5 Å². The maximum Gasteiger partial charge on any atom is 0.303 e. The van der Waals surface area contributed by atoms with Gasteiger partial charge in [-0.2, -0.15) is 0 Å². The van der Waals surface area contributed by atoms with Crippen molar-refractivity contribution >= 4 is 32.8 Å². The standard InChI is InChI=1S/C16H21BrN2O2/c1-11(2)19(7-3-4-16(20)21)10-12-9-18-15-6-5-13(17)8-14(12)15/h5-6,8-9,11,18H,3-4,7,10H2,1-2H3,(H,20,21). The van der Waals surface area contributed by atoms with E-state index in [0.717, 1.165) is 23.1 Å². The van der Waals surface area contributed by atoms with Gasteiger partial charge < -0.3 is 10.1 Å². The maximum absolute atomic E-state index is 10.7. The molecule has 5 heteroatoms. The lowest BCUT2D eigenvalue weighted by atomic mass is 10.1. The fraction of sp³-hybridized carbons (Fsp3) is 0.438. The number of aromatic amines is 1. The number of hydrogen-bond acceptors (Lipinski definition) is 2. The Balaban J connectivity index is 2.11. The molecule has 0 saturated heterocycles. The average molecular weight is 353 g/mol. The van der Waals surface area contributed by atoms with Crippen molar-refractivity contribution in [2.75, 3.05) is 6.54 Å². The van der Waals surface area contributed by atoms with Crippen LogP contribution in [-0.2, 0) is 11.3 Å². The smallest absolute Gasteiger partial charge is 0.303 e. The number of rotatable bonds is 7. The molecule has 0 aliphatic carbocycles. The van der Waals surface area contributed by atoms with Gasteiger partial charge in [-0.15, -0.1) is 0 Å². The first kappa shape index (κ1) is 16.0. The molecule has 4 nitrogen and oxygen atoms in total. The Bertz CT molecular complexity index is 622. The van der Waals surface area contributed by atoms with Gasteiger partial charge in [0.25, 0.3) is 0 Å². The summed E-state index contributed by atoms with van der Waals surface area (Å²) in [7, 11) is 0. The highest BCUT2D eigenvalue weighted by Gasteiger charge is 2.13. The molecule has 21 heavy (non-hydrogen) atoms. The highest BCUT2D eigenvalue weighted by Crippen LogP contribution is 2.24. The molecule has 0 saturated carbocycles. The lowest BCUT2D eigenvalue weighted by Gasteiger charge is -2.26. The molecule has 2 aromatic rings. The first-order chi connectivity index (χ1) is 9.97. The number of aromatic nitrogens is 1. The molecule has 0 spiro atoms. The number of aliphatic carboxylic acids is 1. The Morgan fingerprint density at radius 3 is 2.86 bits per heavy atom. The summed E-state index contributed by atoms with van der Waals surface area (Å²) in [5.74, 6) is -0.727. The van der Waals surface area contributed by atoms with Crippen molar-refractivity contribution in [3.8, 4) is 0 Å². The second kappa shape index (κ2) is 7.09. The molecule has 1 heterocycles. The number of halogens is 1. The topological polar surface area (TPSA) is 56.3 Å². The second-order valence-electron chi connectivity index (χ2n) is 5.57. The van der Waals surface area contributed by atoms with Crippen LogP contribution in [0, 0.1) is 0 Å². The minimum atomic E-state index is -0.727. The van der Waals surface area contributed by atoms with Crippen molar-refractivity contribution in [1.82, 2.24) is 9.88 Å². The summed E-state index contributed by atoms with van der Waals surface area (Å²) in [6.07, 6.45) is 2.95. The molecule has 0 unspecified atom stereocenters.